The summed E-state index contributed by atoms with van der Waals surface area (Å²) in [5.74, 6) is -0.655. The molecular formula is C19H24F3N3O4S. The van der Waals surface area contributed by atoms with Crippen LogP contribution in [0.5, 0.6) is 0 Å². The van der Waals surface area contributed by atoms with Crippen molar-refractivity contribution in [2.75, 3.05) is 25.9 Å². The molecular weight excluding hydrogens is 423 g/mol. The van der Waals surface area contributed by atoms with Gasteiger partial charge in [0, 0.05) is 26.1 Å². The summed E-state index contributed by atoms with van der Waals surface area (Å²) in [6.07, 6.45) is -1.64. The van der Waals surface area contributed by atoms with Crippen molar-refractivity contribution in [2.45, 2.75) is 38.0 Å². The highest BCUT2D eigenvalue weighted by Crippen LogP contribution is 2.31. The molecule has 1 aromatic carbocycles. The van der Waals surface area contributed by atoms with Crippen LogP contribution in [0.1, 0.15) is 30.4 Å². The zero-order valence-electron chi connectivity index (χ0n) is 16.5. The van der Waals surface area contributed by atoms with Gasteiger partial charge in [0.1, 0.15) is 0 Å². The number of benzene rings is 1. The number of hydrogen-bond donors (Lipinski definition) is 1. The van der Waals surface area contributed by atoms with Crippen molar-refractivity contribution in [2.24, 2.45) is 5.92 Å². The molecule has 2 amide bonds. The quantitative estimate of drug-likeness (QED) is 0.743. The zero-order chi connectivity index (χ0) is 22.1. The van der Waals surface area contributed by atoms with Crippen molar-refractivity contribution in [1.29, 1.82) is 0 Å². The molecule has 2 saturated heterocycles. The van der Waals surface area contributed by atoms with E-state index in [9.17, 15) is 31.2 Å². The first kappa shape index (κ1) is 22.5. The molecule has 0 unspecified atom stereocenters. The van der Waals surface area contributed by atoms with E-state index >= 15 is 0 Å². The van der Waals surface area contributed by atoms with Gasteiger partial charge < -0.3 is 10.2 Å². The maximum absolute atomic E-state index is 12.6. The maximum atomic E-state index is 12.6. The Balaban J connectivity index is 1.62. The molecule has 7 nitrogen and oxygen atoms in total. The second kappa shape index (κ2) is 8.54. The average molecular weight is 447 g/mol. The Morgan fingerprint density at radius 1 is 1.20 bits per heavy atom. The highest BCUT2D eigenvalue weighted by atomic mass is 32.2. The Kier molecular flexibility index (Phi) is 6.42. The normalized spacial score (nSPS) is 23.2. The molecule has 1 aromatic rings. The van der Waals surface area contributed by atoms with Gasteiger partial charge in [0.25, 0.3) is 0 Å². The van der Waals surface area contributed by atoms with Crippen molar-refractivity contribution >= 4 is 21.8 Å². The van der Waals surface area contributed by atoms with E-state index in [2.05, 4.69) is 5.32 Å². The third-order valence-electron chi connectivity index (χ3n) is 5.61. The molecule has 30 heavy (non-hydrogen) atoms. The van der Waals surface area contributed by atoms with Crippen LogP contribution in [-0.2, 0) is 32.3 Å². The third-order valence-corrected chi connectivity index (χ3v) is 6.85. The summed E-state index contributed by atoms with van der Waals surface area (Å²) in [4.78, 5) is 26.4. The summed E-state index contributed by atoms with van der Waals surface area (Å²) in [7, 11) is -3.39. The number of amides is 2. The fourth-order valence-electron chi connectivity index (χ4n) is 4.00. The number of hydrogen-bond acceptors (Lipinski definition) is 4. The molecule has 2 heterocycles. The van der Waals surface area contributed by atoms with Crippen LogP contribution >= 0.6 is 0 Å². The molecule has 0 spiro atoms. The van der Waals surface area contributed by atoms with E-state index in [0.717, 1.165) is 18.4 Å². The number of nitrogens with one attached hydrogen (secondary N) is 1. The number of fused-ring (bicyclic) bond motifs is 1. The fourth-order valence-corrected chi connectivity index (χ4v) is 4.88. The van der Waals surface area contributed by atoms with Crippen LogP contribution in [0.3, 0.4) is 0 Å². The van der Waals surface area contributed by atoms with Gasteiger partial charge in [-0.3, -0.25) is 9.59 Å². The first-order valence-corrected chi connectivity index (χ1v) is 11.5. The molecule has 11 heteroatoms. The minimum absolute atomic E-state index is 0.0195. The van der Waals surface area contributed by atoms with Gasteiger partial charge >= 0.3 is 6.18 Å². The summed E-state index contributed by atoms with van der Waals surface area (Å²) in [5.41, 5.74) is -0.268. The van der Waals surface area contributed by atoms with E-state index in [1.807, 2.05) is 0 Å². The monoisotopic (exact) mass is 447 g/mol. The minimum atomic E-state index is -4.42. The van der Waals surface area contributed by atoms with Crippen molar-refractivity contribution in [1.82, 2.24) is 14.5 Å². The average Bonchev–Trinajstić information content (AvgIpc) is 3.02. The fraction of sp³-hybridized carbons (Fsp3) is 0.579. The molecule has 1 N–H and O–H groups in total. The number of carbonyl (C=O) groups is 2. The lowest BCUT2D eigenvalue weighted by atomic mass is 9.98. The molecule has 2 aliphatic heterocycles. The van der Waals surface area contributed by atoms with E-state index in [1.54, 1.807) is 0 Å². The SMILES string of the molecule is CS(=O)(=O)N1C[C@H]2CCCC(=O)N(CC(=O)NCc3ccc(C(F)(F)F)cc3)[C@H]2C1. The van der Waals surface area contributed by atoms with E-state index in [1.165, 1.54) is 21.3 Å². The van der Waals surface area contributed by atoms with Gasteiger partial charge in [0.15, 0.2) is 0 Å². The summed E-state index contributed by atoms with van der Waals surface area (Å²) in [6, 6.07) is 4.12. The van der Waals surface area contributed by atoms with Crippen LogP contribution in [-0.4, -0.2) is 61.4 Å². The lowest BCUT2D eigenvalue weighted by Gasteiger charge is -2.29. The molecule has 0 aromatic heterocycles. The number of nitrogens with zero attached hydrogens (tertiary/aromatic N) is 2. The van der Waals surface area contributed by atoms with Crippen LogP contribution in [0.25, 0.3) is 0 Å². The maximum Gasteiger partial charge on any atom is 0.416 e. The Labute approximate surface area is 173 Å². The highest BCUT2D eigenvalue weighted by Gasteiger charge is 2.43. The molecule has 2 aliphatic rings. The van der Waals surface area contributed by atoms with Gasteiger partial charge in [0.2, 0.25) is 21.8 Å². The zero-order valence-corrected chi connectivity index (χ0v) is 17.3. The molecule has 3 rings (SSSR count). The first-order valence-electron chi connectivity index (χ1n) is 9.62. The molecule has 2 fully saturated rings. The van der Waals surface area contributed by atoms with E-state index < -0.39 is 27.7 Å². The van der Waals surface area contributed by atoms with Gasteiger partial charge in [-0.05, 0) is 36.5 Å². The molecule has 0 saturated carbocycles. The van der Waals surface area contributed by atoms with Gasteiger partial charge in [-0.2, -0.15) is 17.5 Å². The van der Waals surface area contributed by atoms with Crippen LogP contribution in [0.15, 0.2) is 24.3 Å². The minimum Gasteiger partial charge on any atom is -0.350 e. The topological polar surface area (TPSA) is 86.8 Å². The van der Waals surface area contributed by atoms with Gasteiger partial charge in [-0.15, -0.1) is 0 Å². The Morgan fingerprint density at radius 2 is 1.87 bits per heavy atom. The van der Waals surface area contributed by atoms with Gasteiger partial charge in [-0.25, -0.2) is 8.42 Å². The first-order chi connectivity index (χ1) is 13.9. The van der Waals surface area contributed by atoms with Crippen LogP contribution in [0.2, 0.25) is 0 Å². The summed E-state index contributed by atoms with van der Waals surface area (Å²) >= 11 is 0. The Morgan fingerprint density at radius 3 is 2.47 bits per heavy atom. The molecule has 0 radical (unpaired) electrons. The van der Waals surface area contributed by atoms with Crippen molar-refractivity contribution < 1.29 is 31.2 Å². The van der Waals surface area contributed by atoms with Crippen molar-refractivity contribution in [3.05, 3.63) is 35.4 Å². The van der Waals surface area contributed by atoms with Crippen molar-refractivity contribution in [3.8, 4) is 0 Å². The van der Waals surface area contributed by atoms with Crippen LogP contribution in [0.4, 0.5) is 13.2 Å². The second-order valence-corrected chi connectivity index (χ2v) is 9.78. The predicted molar refractivity (Wildman–Crippen MR) is 103 cm³/mol. The van der Waals surface area contributed by atoms with Crippen molar-refractivity contribution in [3.63, 3.8) is 0 Å². The predicted octanol–water partition coefficient (Wildman–Crippen LogP) is 1.59. The van der Waals surface area contributed by atoms with E-state index in [-0.39, 0.29) is 37.5 Å². The summed E-state index contributed by atoms with van der Waals surface area (Å²) in [6.45, 7) is 0.322. The van der Waals surface area contributed by atoms with E-state index in [4.69, 9.17) is 0 Å². The number of likely N-dealkylation sites (tertiary alicyclic amines) is 1. The Bertz CT molecular complexity index is 903. The standard InChI is InChI=1S/C19H24F3N3O4S/c1-30(28,29)24-10-14-3-2-4-18(27)25(16(14)11-24)12-17(26)23-9-13-5-7-15(8-6-13)19(20,21)22/h5-8,14,16H,2-4,9-12H2,1H3,(H,23,26)/t14-,16+/m1/s1. The largest absolute Gasteiger partial charge is 0.416 e. The third kappa shape index (κ3) is 5.31. The number of halogens is 3. The number of rotatable bonds is 5. The lowest BCUT2D eigenvalue weighted by Crippen LogP contribution is -2.48. The van der Waals surface area contributed by atoms with Gasteiger partial charge in [0.05, 0.1) is 24.4 Å². The van der Waals surface area contributed by atoms with Crippen LogP contribution in [0, 0.1) is 5.92 Å². The van der Waals surface area contributed by atoms with Gasteiger partial charge in [-0.1, -0.05) is 12.1 Å². The summed E-state index contributed by atoms with van der Waals surface area (Å²) in [5, 5.41) is 2.62. The smallest absolute Gasteiger partial charge is 0.350 e. The Hall–Kier alpha value is -2.14. The second-order valence-electron chi connectivity index (χ2n) is 7.79. The molecule has 0 bridgehead atoms. The van der Waals surface area contributed by atoms with E-state index in [0.29, 0.717) is 31.4 Å². The molecule has 0 aliphatic carbocycles. The van der Waals surface area contributed by atoms with Crippen LogP contribution < -0.4 is 5.32 Å². The number of sulfonamides is 1. The number of alkyl halides is 3. The lowest BCUT2D eigenvalue weighted by molar-refractivity contribution is -0.138. The summed E-state index contributed by atoms with van der Waals surface area (Å²) < 4.78 is 63.0. The molecule has 166 valence electrons. The highest BCUT2D eigenvalue weighted by molar-refractivity contribution is 7.88. The number of carbonyl (C=O) groups excluding carboxylic acids is 2. The molecule has 2 atom stereocenters.